The molecule has 174 valence electrons. The van der Waals surface area contributed by atoms with Crippen LogP contribution >= 0.6 is 0 Å². The molecule has 2 aromatic heterocycles. The van der Waals surface area contributed by atoms with E-state index in [-0.39, 0.29) is 12.3 Å². The molecule has 0 radical (unpaired) electrons. The summed E-state index contributed by atoms with van der Waals surface area (Å²) in [5.41, 5.74) is 5.77. The third-order valence-electron chi connectivity index (χ3n) is 5.67. The minimum Gasteiger partial charge on any atom is -0.421 e. The van der Waals surface area contributed by atoms with E-state index < -0.39 is 0 Å². The number of aromatic nitrogens is 4. The lowest BCUT2D eigenvalue weighted by atomic mass is 10.1. The lowest BCUT2D eigenvalue weighted by Gasteiger charge is -2.05. The van der Waals surface area contributed by atoms with Gasteiger partial charge in [0.2, 0.25) is 17.7 Å². The number of nitrogens with one attached hydrogen (secondary N) is 1. The standard InChI is InChI=1S/C28H25N5O2/c1-20-12-14-22(15-13-20)28-31-30-26(35-28)17-16-25(34)29-18-23-19-33(24-10-6-3-7-11-24)32-27(23)21-8-4-2-5-9-21/h2-15,19H,16-18H2,1H3,(H,29,34). The molecular formula is C28H25N5O2. The molecule has 0 unspecified atom stereocenters. The third kappa shape index (κ3) is 5.35. The number of nitrogens with zero attached hydrogens (tertiary/aromatic N) is 4. The van der Waals surface area contributed by atoms with Gasteiger partial charge in [-0.3, -0.25) is 4.79 Å². The Kier molecular flexibility index (Phi) is 6.48. The Morgan fingerprint density at radius 1 is 0.886 bits per heavy atom. The fourth-order valence-electron chi connectivity index (χ4n) is 3.76. The van der Waals surface area contributed by atoms with Gasteiger partial charge in [-0.15, -0.1) is 10.2 Å². The van der Waals surface area contributed by atoms with Crippen molar-refractivity contribution in [3.8, 4) is 28.4 Å². The number of carbonyl (C=O) groups excluding carboxylic acids is 1. The van der Waals surface area contributed by atoms with E-state index in [9.17, 15) is 4.79 Å². The van der Waals surface area contributed by atoms with E-state index >= 15 is 0 Å². The van der Waals surface area contributed by atoms with Gasteiger partial charge in [-0.25, -0.2) is 4.68 Å². The average Bonchev–Trinajstić information content (AvgIpc) is 3.55. The van der Waals surface area contributed by atoms with Gasteiger partial charge < -0.3 is 9.73 Å². The van der Waals surface area contributed by atoms with Crippen LogP contribution in [0.1, 0.15) is 23.4 Å². The molecule has 7 nitrogen and oxygen atoms in total. The molecule has 35 heavy (non-hydrogen) atoms. The zero-order valence-electron chi connectivity index (χ0n) is 19.4. The quantitative estimate of drug-likeness (QED) is 0.344. The molecule has 5 rings (SSSR count). The summed E-state index contributed by atoms with van der Waals surface area (Å²) in [6, 6.07) is 27.8. The molecule has 0 saturated heterocycles. The smallest absolute Gasteiger partial charge is 0.247 e. The monoisotopic (exact) mass is 463 g/mol. The number of hydrogen-bond donors (Lipinski definition) is 1. The van der Waals surface area contributed by atoms with E-state index in [1.807, 2.05) is 103 Å². The Morgan fingerprint density at radius 2 is 1.60 bits per heavy atom. The molecule has 0 saturated carbocycles. The molecule has 7 heteroatoms. The second kappa shape index (κ2) is 10.2. The van der Waals surface area contributed by atoms with Crippen LogP contribution in [0.4, 0.5) is 0 Å². The fraction of sp³-hybridized carbons (Fsp3) is 0.143. The Hall–Kier alpha value is -4.52. The maximum absolute atomic E-state index is 12.6. The molecule has 1 N–H and O–H groups in total. The van der Waals surface area contributed by atoms with Gasteiger partial charge in [0.25, 0.3) is 0 Å². The van der Waals surface area contributed by atoms with E-state index in [4.69, 9.17) is 9.52 Å². The molecular weight excluding hydrogens is 438 g/mol. The molecule has 2 heterocycles. The van der Waals surface area contributed by atoms with E-state index in [0.717, 1.165) is 33.6 Å². The second-order valence-corrected chi connectivity index (χ2v) is 8.29. The van der Waals surface area contributed by atoms with Crippen LogP contribution in [0.15, 0.2) is 95.5 Å². The van der Waals surface area contributed by atoms with Gasteiger partial charge >= 0.3 is 0 Å². The number of amides is 1. The minimum atomic E-state index is -0.0911. The Bertz CT molecular complexity index is 1410. The summed E-state index contributed by atoms with van der Waals surface area (Å²) < 4.78 is 7.58. The summed E-state index contributed by atoms with van der Waals surface area (Å²) in [5, 5.41) is 16.0. The summed E-state index contributed by atoms with van der Waals surface area (Å²) in [5.74, 6) is 0.811. The van der Waals surface area contributed by atoms with E-state index in [0.29, 0.717) is 24.7 Å². The molecule has 5 aromatic rings. The highest BCUT2D eigenvalue weighted by molar-refractivity contribution is 5.76. The summed E-state index contributed by atoms with van der Waals surface area (Å²) >= 11 is 0. The van der Waals surface area contributed by atoms with Crippen molar-refractivity contribution in [2.24, 2.45) is 0 Å². The van der Waals surface area contributed by atoms with Crippen molar-refractivity contribution in [2.45, 2.75) is 26.3 Å². The van der Waals surface area contributed by atoms with Crippen molar-refractivity contribution in [3.05, 3.63) is 108 Å². The minimum absolute atomic E-state index is 0.0911. The lowest BCUT2D eigenvalue weighted by molar-refractivity contribution is -0.121. The highest BCUT2D eigenvalue weighted by atomic mass is 16.4. The molecule has 0 fully saturated rings. The Balaban J connectivity index is 1.24. The SMILES string of the molecule is Cc1ccc(-c2nnc(CCC(=O)NCc3cn(-c4ccccc4)nc3-c3ccccc3)o2)cc1. The van der Waals surface area contributed by atoms with Gasteiger partial charge in [0.05, 0.1) is 11.4 Å². The van der Waals surface area contributed by atoms with Crippen molar-refractivity contribution >= 4 is 5.91 Å². The van der Waals surface area contributed by atoms with Crippen molar-refractivity contribution in [3.63, 3.8) is 0 Å². The molecule has 3 aromatic carbocycles. The highest BCUT2D eigenvalue weighted by Crippen LogP contribution is 2.24. The van der Waals surface area contributed by atoms with Gasteiger partial charge in [-0.2, -0.15) is 5.10 Å². The fourth-order valence-corrected chi connectivity index (χ4v) is 3.76. The maximum atomic E-state index is 12.6. The van der Waals surface area contributed by atoms with Crippen LogP contribution in [-0.4, -0.2) is 25.9 Å². The van der Waals surface area contributed by atoms with Crippen LogP contribution in [0.25, 0.3) is 28.4 Å². The molecule has 0 aliphatic rings. The first kappa shape index (κ1) is 22.3. The third-order valence-corrected chi connectivity index (χ3v) is 5.67. The average molecular weight is 464 g/mol. The van der Waals surface area contributed by atoms with E-state index in [1.54, 1.807) is 0 Å². The normalized spacial score (nSPS) is 10.9. The van der Waals surface area contributed by atoms with Crippen LogP contribution in [-0.2, 0) is 17.8 Å². The summed E-state index contributed by atoms with van der Waals surface area (Å²) in [7, 11) is 0. The van der Waals surface area contributed by atoms with Crippen LogP contribution < -0.4 is 5.32 Å². The molecule has 1 amide bonds. The van der Waals surface area contributed by atoms with Gasteiger partial charge in [0.15, 0.2) is 0 Å². The maximum Gasteiger partial charge on any atom is 0.247 e. The van der Waals surface area contributed by atoms with Crippen molar-refractivity contribution in [1.82, 2.24) is 25.3 Å². The predicted molar refractivity (Wildman–Crippen MR) is 134 cm³/mol. The molecule has 0 spiro atoms. The van der Waals surface area contributed by atoms with Gasteiger partial charge in [0, 0.05) is 42.3 Å². The predicted octanol–water partition coefficient (Wildman–Crippen LogP) is 5.15. The van der Waals surface area contributed by atoms with Gasteiger partial charge in [-0.05, 0) is 31.2 Å². The van der Waals surface area contributed by atoms with Gasteiger partial charge in [-0.1, -0.05) is 66.2 Å². The molecule has 0 aliphatic carbocycles. The van der Waals surface area contributed by atoms with Crippen LogP contribution in [0.2, 0.25) is 0 Å². The van der Waals surface area contributed by atoms with E-state index in [1.165, 1.54) is 0 Å². The van der Waals surface area contributed by atoms with Crippen molar-refractivity contribution in [2.75, 3.05) is 0 Å². The van der Waals surface area contributed by atoms with Crippen LogP contribution in [0.3, 0.4) is 0 Å². The number of benzene rings is 3. The largest absolute Gasteiger partial charge is 0.421 e. The van der Waals surface area contributed by atoms with Crippen LogP contribution in [0, 0.1) is 6.92 Å². The first-order valence-electron chi connectivity index (χ1n) is 11.5. The topological polar surface area (TPSA) is 85.8 Å². The van der Waals surface area contributed by atoms with Gasteiger partial charge in [0.1, 0.15) is 0 Å². The summed E-state index contributed by atoms with van der Waals surface area (Å²) in [4.78, 5) is 12.6. The first-order valence-corrected chi connectivity index (χ1v) is 11.5. The molecule has 0 aliphatic heterocycles. The zero-order valence-corrected chi connectivity index (χ0v) is 19.4. The molecule has 0 atom stereocenters. The zero-order chi connectivity index (χ0) is 24.0. The first-order chi connectivity index (χ1) is 17.2. The number of rotatable bonds is 8. The molecule has 0 bridgehead atoms. The Morgan fingerprint density at radius 3 is 2.34 bits per heavy atom. The van der Waals surface area contributed by atoms with Crippen LogP contribution in [0.5, 0.6) is 0 Å². The lowest BCUT2D eigenvalue weighted by Crippen LogP contribution is -2.23. The summed E-state index contributed by atoms with van der Waals surface area (Å²) in [6.07, 6.45) is 2.59. The Labute approximate surface area is 203 Å². The number of carbonyl (C=O) groups is 1. The highest BCUT2D eigenvalue weighted by Gasteiger charge is 2.14. The number of para-hydroxylation sites is 1. The summed E-state index contributed by atoms with van der Waals surface area (Å²) in [6.45, 7) is 2.39. The number of hydrogen-bond acceptors (Lipinski definition) is 5. The number of aryl methyl sites for hydroxylation is 2. The second-order valence-electron chi connectivity index (χ2n) is 8.29. The van der Waals surface area contributed by atoms with Crippen molar-refractivity contribution < 1.29 is 9.21 Å². The van der Waals surface area contributed by atoms with Crippen molar-refractivity contribution in [1.29, 1.82) is 0 Å². The van der Waals surface area contributed by atoms with E-state index in [2.05, 4.69) is 15.5 Å².